The molecule has 3 heterocycles. The number of nitrogens with zero attached hydrogens (tertiary/aromatic N) is 4. The van der Waals surface area contributed by atoms with E-state index in [9.17, 15) is 0 Å². The molecule has 0 saturated heterocycles. The van der Waals surface area contributed by atoms with Crippen molar-refractivity contribution in [3.8, 4) is 34.2 Å². The van der Waals surface area contributed by atoms with Crippen molar-refractivity contribution < 1.29 is 0 Å². The van der Waals surface area contributed by atoms with Gasteiger partial charge < -0.3 is 0 Å². The van der Waals surface area contributed by atoms with Crippen molar-refractivity contribution in [2.24, 2.45) is 0 Å². The van der Waals surface area contributed by atoms with Gasteiger partial charge in [0.05, 0.1) is 22.1 Å². The van der Waals surface area contributed by atoms with E-state index < -0.39 is 16.1 Å². The van der Waals surface area contributed by atoms with Crippen LogP contribution in [0.4, 0.5) is 0 Å². The van der Waals surface area contributed by atoms with Gasteiger partial charge in [0.15, 0.2) is 22.0 Å². The highest BCUT2D eigenvalue weighted by molar-refractivity contribution is 7.22. The molecule has 0 amide bonds. The summed E-state index contributed by atoms with van der Waals surface area (Å²) in [5, 5.41) is 15.0. The van der Waals surface area contributed by atoms with Crippen molar-refractivity contribution in [3.63, 3.8) is 0 Å². The van der Waals surface area contributed by atoms with Gasteiger partial charge in [0.2, 0.25) is 0 Å². The minimum absolute atomic E-state index is 0.0720. The maximum Gasteiger partial charge on any atom is 0.179 e. The van der Waals surface area contributed by atoms with E-state index in [2.05, 4.69) is 366 Å². The molecule has 0 aliphatic heterocycles. The summed E-state index contributed by atoms with van der Waals surface area (Å²) in [5.74, 6) is 2.22. The molecule has 434 valence electrons. The fourth-order valence-electron chi connectivity index (χ4n) is 14.3. The number of aromatic nitrogens is 4. The smallest absolute Gasteiger partial charge is 0.179 e. The van der Waals surface area contributed by atoms with Gasteiger partial charge in [-0.3, -0.25) is 9.13 Å². The van der Waals surface area contributed by atoms with Crippen LogP contribution in [0.3, 0.4) is 0 Å². The number of rotatable bonds is 12. The Balaban J connectivity index is 1.13. The van der Waals surface area contributed by atoms with Crippen molar-refractivity contribution in [3.05, 3.63) is 327 Å². The van der Waals surface area contributed by atoms with Crippen LogP contribution in [0.25, 0.3) is 77.8 Å². The highest BCUT2D eigenvalue weighted by atomic mass is 28.3. The molecule has 3 aromatic heterocycles. The quantitative estimate of drug-likeness (QED) is 0.0903. The third-order valence-electron chi connectivity index (χ3n) is 18.7. The van der Waals surface area contributed by atoms with Crippen LogP contribution in [0.1, 0.15) is 52.7 Å². The van der Waals surface area contributed by atoms with Crippen molar-refractivity contribution in [2.45, 2.75) is 52.4 Å². The zero-order valence-corrected chi connectivity index (χ0v) is 53.8. The molecule has 6 heteroatoms. The lowest BCUT2D eigenvalue weighted by Crippen LogP contribution is -2.78. The second-order valence-electron chi connectivity index (χ2n) is 26.2. The van der Waals surface area contributed by atoms with Gasteiger partial charge in [-0.1, -0.05) is 315 Å². The number of benzene rings is 12. The molecule has 15 aromatic rings. The molecule has 0 saturated carbocycles. The van der Waals surface area contributed by atoms with Gasteiger partial charge in [-0.2, -0.15) is 0 Å². The van der Waals surface area contributed by atoms with Crippen LogP contribution in [0.2, 0.25) is 0 Å². The SMILES string of the molecule is CC(C)(C)c1ccc2c(c1)c1cc(C(C)(C)C)ccc1n2-c1cc(-n2c3ccccc3c3ccccc32)nc(-c2cc([Si](c3ccccc3)(c3ccccc3)c3ccccc3)cc([Si](c3ccccc3)(c3ccccc3)c3cccc(-c4ccccc4)c3)c2)n1. The summed E-state index contributed by atoms with van der Waals surface area (Å²) < 4.78 is 4.78. The normalized spacial score (nSPS) is 12.3. The van der Waals surface area contributed by atoms with E-state index in [1.165, 1.54) is 85.3 Å². The van der Waals surface area contributed by atoms with E-state index in [0.717, 1.165) is 39.3 Å². The van der Waals surface area contributed by atoms with E-state index >= 15 is 0 Å². The Bertz CT molecular complexity index is 4860. The molecular weight excluding hydrogens is 1120 g/mol. The van der Waals surface area contributed by atoms with E-state index in [-0.39, 0.29) is 10.8 Å². The maximum absolute atomic E-state index is 6.06. The van der Waals surface area contributed by atoms with E-state index in [4.69, 9.17) is 9.97 Å². The van der Waals surface area contributed by atoms with E-state index in [1.54, 1.807) is 0 Å². The first kappa shape index (κ1) is 56.3. The molecule has 0 aliphatic rings. The molecule has 0 radical (unpaired) electrons. The number of fused-ring (bicyclic) bond motifs is 6. The topological polar surface area (TPSA) is 35.6 Å². The van der Waals surface area contributed by atoms with Crippen LogP contribution in [-0.2, 0) is 10.8 Å². The van der Waals surface area contributed by atoms with Gasteiger partial charge in [0, 0.05) is 33.2 Å². The summed E-state index contributed by atoms with van der Waals surface area (Å²) in [6, 6.07) is 119. The van der Waals surface area contributed by atoms with Gasteiger partial charge in [-0.05, 0) is 111 Å². The van der Waals surface area contributed by atoms with Crippen LogP contribution in [0, 0.1) is 0 Å². The Morgan fingerprint density at radius 2 is 0.567 bits per heavy atom. The average molecular weight is 1190 g/mol. The monoisotopic (exact) mass is 1190 g/mol. The van der Waals surface area contributed by atoms with E-state index in [1.807, 2.05) is 0 Å². The minimum atomic E-state index is -3.41. The number of hydrogen-bond donors (Lipinski definition) is 0. The molecule has 0 N–H and O–H groups in total. The predicted molar refractivity (Wildman–Crippen MR) is 386 cm³/mol. The summed E-state index contributed by atoms with van der Waals surface area (Å²) >= 11 is 0. The van der Waals surface area contributed by atoms with Gasteiger partial charge >= 0.3 is 0 Å². The number of hydrogen-bond acceptors (Lipinski definition) is 2. The standard InChI is InChI=1S/C84H70N4Si2/c1-83(2,3)62-48-50-78-74(55-62)75-56-63(84(4,5)6)49-51-79(75)88(78)81-58-80(87-76-46-27-25-44-72(76)73-45-26-28-47-77(73)87)85-82(86-81)61-53-70(89(64-33-15-8-16-34-64,65-35-17-9-18-36-65)66-37-19-10-20-38-66)57-71(54-61)90(67-39-21-11-22-40-67,68-41-23-12-24-42-68)69-43-29-32-60(52-69)59-30-13-7-14-31-59/h7-58H,1-6H3. The van der Waals surface area contributed by atoms with Crippen molar-refractivity contribution in [2.75, 3.05) is 0 Å². The first-order valence-electron chi connectivity index (χ1n) is 31.5. The summed E-state index contributed by atoms with van der Waals surface area (Å²) in [5.41, 5.74) is 10.1. The molecule has 0 fully saturated rings. The fraction of sp³-hybridized carbons (Fsp3) is 0.0952. The molecule has 0 atom stereocenters. The lowest BCUT2D eigenvalue weighted by atomic mass is 9.85. The van der Waals surface area contributed by atoms with Crippen molar-refractivity contribution in [1.29, 1.82) is 0 Å². The van der Waals surface area contributed by atoms with Crippen LogP contribution in [-0.4, -0.2) is 35.2 Å². The highest BCUT2D eigenvalue weighted by Crippen LogP contribution is 2.39. The molecule has 0 spiro atoms. The summed E-state index contributed by atoms with van der Waals surface area (Å²) in [6.45, 7) is 13.9. The molecule has 12 aromatic carbocycles. The fourth-order valence-corrected chi connectivity index (χ4v) is 24.2. The van der Waals surface area contributed by atoms with E-state index in [0.29, 0.717) is 5.82 Å². The second-order valence-corrected chi connectivity index (χ2v) is 33.8. The predicted octanol–water partition coefficient (Wildman–Crippen LogP) is 15.4. The zero-order chi connectivity index (χ0) is 61.2. The third kappa shape index (κ3) is 9.49. The van der Waals surface area contributed by atoms with Crippen molar-refractivity contribution >= 4 is 101 Å². The van der Waals surface area contributed by atoms with Crippen LogP contribution >= 0.6 is 0 Å². The Morgan fingerprint density at radius 3 is 0.967 bits per heavy atom. The lowest BCUT2D eigenvalue weighted by Gasteiger charge is -2.38. The Labute approximate surface area is 530 Å². The first-order valence-corrected chi connectivity index (χ1v) is 35.5. The van der Waals surface area contributed by atoms with Gasteiger partial charge in [0.1, 0.15) is 11.6 Å². The van der Waals surface area contributed by atoms with Crippen molar-refractivity contribution in [1.82, 2.24) is 19.1 Å². The summed E-state index contributed by atoms with van der Waals surface area (Å²) in [7, 11) is -6.71. The largest absolute Gasteiger partial charge is 0.294 e. The average Bonchev–Trinajstić information content (AvgIpc) is 0.837. The maximum atomic E-state index is 6.06. The molecule has 15 rings (SSSR count). The third-order valence-corrected chi connectivity index (χ3v) is 28.2. The molecule has 90 heavy (non-hydrogen) atoms. The second kappa shape index (κ2) is 22.4. The van der Waals surface area contributed by atoms with Crippen LogP contribution in [0.15, 0.2) is 315 Å². The molecule has 0 unspecified atom stereocenters. The lowest BCUT2D eigenvalue weighted by molar-refractivity contribution is 0.590. The Hall–Kier alpha value is -10.2. The van der Waals surface area contributed by atoms with Gasteiger partial charge in [0.25, 0.3) is 0 Å². The first-order chi connectivity index (χ1) is 43.9. The van der Waals surface area contributed by atoms with Crippen LogP contribution < -0.4 is 41.5 Å². The molecule has 0 aliphatic carbocycles. The molecule has 0 bridgehead atoms. The summed E-state index contributed by atoms with van der Waals surface area (Å²) in [4.78, 5) is 12.1. The van der Waals surface area contributed by atoms with Gasteiger partial charge in [-0.15, -0.1) is 0 Å². The zero-order valence-electron chi connectivity index (χ0n) is 51.8. The van der Waals surface area contributed by atoms with Crippen LogP contribution in [0.5, 0.6) is 0 Å². The molecular formula is C84H70N4Si2. The highest BCUT2D eigenvalue weighted by Gasteiger charge is 2.46. The number of para-hydroxylation sites is 2. The van der Waals surface area contributed by atoms with Gasteiger partial charge in [-0.25, -0.2) is 9.97 Å². The Kier molecular flexibility index (Phi) is 14.0. The minimum Gasteiger partial charge on any atom is -0.294 e. The Morgan fingerprint density at radius 1 is 0.244 bits per heavy atom. The molecule has 4 nitrogen and oxygen atoms in total. The summed E-state index contributed by atoms with van der Waals surface area (Å²) in [6.07, 6.45) is 0.